The van der Waals surface area contributed by atoms with Gasteiger partial charge in [0.15, 0.2) is 5.54 Å². The molecule has 7 nitrogen and oxygen atoms in total. The molecule has 0 aromatic carbocycles. The smallest absolute Gasteiger partial charge is 0.331 e. The third-order valence-corrected chi connectivity index (χ3v) is 6.96. The van der Waals surface area contributed by atoms with Crippen LogP contribution < -0.4 is 10.6 Å². The van der Waals surface area contributed by atoms with Gasteiger partial charge in [-0.15, -0.1) is 0 Å². The zero-order valence-corrected chi connectivity index (χ0v) is 15.1. The van der Waals surface area contributed by atoms with Crippen LogP contribution in [0.5, 0.6) is 0 Å². The molecule has 26 heavy (non-hydrogen) atoms. The number of hydrogen-bond donors (Lipinski definition) is 3. The Morgan fingerprint density at radius 2 is 1.62 bits per heavy atom. The molecule has 4 bridgehead atoms. The van der Waals surface area contributed by atoms with E-state index in [1.54, 1.807) is 0 Å². The minimum Gasteiger partial charge on any atom is -0.479 e. The summed E-state index contributed by atoms with van der Waals surface area (Å²) in [7, 11) is 0. The molecule has 3 N–H and O–H groups in total. The van der Waals surface area contributed by atoms with E-state index in [0.29, 0.717) is 13.0 Å². The molecule has 1 saturated heterocycles. The fourth-order valence-electron chi connectivity index (χ4n) is 6.29. The van der Waals surface area contributed by atoms with Crippen molar-refractivity contribution in [3.63, 3.8) is 0 Å². The van der Waals surface area contributed by atoms with Crippen molar-refractivity contribution in [2.24, 2.45) is 23.2 Å². The molecule has 4 saturated carbocycles. The van der Waals surface area contributed by atoms with E-state index in [1.807, 2.05) is 0 Å². The summed E-state index contributed by atoms with van der Waals surface area (Å²) in [6.07, 6.45) is 8.20. The molecule has 2 amide bonds. The minimum absolute atomic E-state index is 0.0324. The zero-order valence-electron chi connectivity index (χ0n) is 15.1. The third kappa shape index (κ3) is 3.33. The van der Waals surface area contributed by atoms with E-state index in [0.717, 1.165) is 37.0 Å². The first kappa shape index (κ1) is 17.8. The number of hydrogen-bond acceptors (Lipinski definition) is 4. The van der Waals surface area contributed by atoms with Gasteiger partial charge in [-0.25, -0.2) is 4.79 Å². The van der Waals surface area contributed by atoms with Crippen molar-refractivity contribution in [2.75, 3.05) is 19.8 Å². The number of nitrogens with one attached hydrogen (secondary N) is 2. The molecular formula is C19H28N2O5. The Morgan fingerprint density at radius 3 is 2.12 bits per heavy atom. The fraction of sp³-hybridized carbons (Fsp3) is 0.842. The quantitative estimate of drug-likeness (QED) is 0.654. The maximum atomic E-state index is 12.5. The van der Waals surface area contributed by atoms with Crippen molar-refractivity contribution >= 4 is 17.8 Å². The van der Waals surface area contributed by atoms with Gasteiger partial charge in [0.25, 0.3) is 0 Å². The van der Waals surface area contributed by atoms with Crippen molar-refractivity contribution in [3.05, 3.63) is 0 Å². The average Bonchev–Trinajstić information content (AvgIpc) is 3.01. The predicted octanol–water partition coefficient (Wildman–Crippen LogP) is 1.07. The van der Waals surface area contributed by atoms with Crippen LogP contribution in [0.2, 0.25) is 0 Å². The van der Waals surface area contributed by atoms with Crippen molar-refractivity contribution in [1.82, 2.24) is 10.6 Å². The van der Waals surface area contributed by atoms with E-state index in [-0.39, 0.29) is 30.9 Å². The number of ether oxygens (including phenoxy) is 1. The van der Waals surface area contributed by atoms with Crippen LogP contribution in [-0.2, 0) is 19.1 Å². The Balaban J connectivity index is 1.28. The highest BCUT2D eigenvalue weighted by Crippen LogP contribution is 2.61. The second kappa shape index (κ2) is 6.51. The molecule has 5 fully saturated rings. The highest BCUT2D eigenvalue weighted by molar-refractivity contribution is 5.90. The topological polar surface area (TPSA) is 105 Å². The number of aliphatic carboxylic acids is 1. The van der Waals surface area contributed by atoms with E-state index >= 15 is 0 Å². The molecular weight excluding hydrogens is 336 g/mol. The van der Waals surface area contributed by atoms with Gasteiger partial charge in [0.2, 0.25) is 11.8 Å². The van der Waals surface area contributed by atoms with Crippen LogP contribution in [0.15, 0.2) is 0 Å². The van der Waals surface area contributed by atoms with Gasteiger partial charge in [-0.1, -0.05) is 0 Å². The lowest BCUT2D eigenvalue weighted by atomic mass is 9.49. The maximum absolute atomic E-state index is 12.5. The summed E-state index contributed by atoms with van der Waals surface area (Å²) in [5, 5.41) is 14.6. The molecule has 0 aromatic rings. The molecule has 0 spiro atoms. The molecule has 4 aliphatic carbocycles. The SMILES string of the molecule is O=C(CC12CC3CC(CC(C3)C1)C2)NCC(=O)NC1(C(=O)O)CCOC1. The third-order valence-electron chi connectivity index (χ3n) is 6.96. The zero-order chi connectivity index (χ0) is 18.4. The Kier molecular flexibility index (Phi) is 4.45. The normalized spacial score (nSPS) is 40.4. The van der Waals surface area contributed by atoms with Crippen LogP contribution in [0.4, 0.5) is 0 Å². The Labute approximate surface area is 153 Å². The lowest BCUT2D eigenvalue weighted by Gasteiger charge is -2.56. The standard InChI is InChI=1S/C19H28N2O5/c22-15(9-18-6-12-3-13(7-18)5-14(4-12)8-18)20-10-16(23)21-19(17(24)25)1-2-26-11-19/h12-14H,1-11H2,(H,20,22)(H,21,23)(H,24,25). The molecule has 0 radical (unpaired) electrons. The summed E-state index contributed by atoms with van der Waals surface area (Å²) >= 11 is 0. The first-order chi connectivity index (χ1) is 12.4. The minimum atomic E-state index is -1.36. The van der Waals surface area contributed by atoms with Crippen LogP contribution in [0, 0.1) is 23.2 Å². The van der Waals surface area contributed by atoms with Gasteiger partial charge in [0.1, 0.15) is 0 Å². The van der Waals surface area contributed by atoms with Crippen LogP contribution >= 0.6 is 0 Å². The Morgan fingerprint density at radius 1 is 1.00 bits per heavy atom. The predicted molar refractivity (Wildman–Crippen MR) is 92.2 cm³/mol. The largest absolute Gasteiger partial charge is 0.479 e. The Hall–Kier alpha value is -1.63. The summed E-state index contributed by atoms with van der Waals surface area (Å²) < 4.78 is 5.12. The molecule has 5 aliphatic rings. The van der Waals surface area contributed by atoms with Gasteiger partial charge in [0, 0.05) is 19.4 Å². The average molecular weight is 364 g/mol. The maximum Gasteiger partial charge on any atom is 0.331 e. The van der Waals surface area contributed by atoms with Gasteiger partial charge in [-0.3, -0.25) is 9.59 Å². The van der Waals surface area contributed by atoms with Crippen molar-refractivity contribution in [1.29, 1.82) is 0 Å². The van der Waals surface area contributed by atoms with Gasteiger partial charge in [-0.05, 0) is 61.7 Å². The summed E-state index contributed by atoms with van der Waals surface area (Å²) in [6, 6.07) is 0. The summed E-state index contributed by atoms with van der Waals surface area (Å²) in [4.78, 5) is 36.0. The first-order valence-electron chi connectivity index (χ1n) is 9.77. The molecule has 7 heteroatoms. The molecule has 5 rings (SSSR count). The van der Waals surface area contributed by atoms with Gasteiger partial charge in [-0.2, -0.15) is 0 Å². The van der Waals surface area contributed by atoms with Crippen LogP contribution in [0.1, 0.15) is 51.4 Å². The van der Waals surface area contributed by atoms with Crippen LogP contribution in [0.3, 0.4) is 0 Å². The van der Waals surface area contributed by atoms with Gasteiger partial charge in [0.05, 0.1) is 13.2 Å². The van der Waals surface area contributed by atoms with Crippen LogP contribution in [0.25, 0.3) is 0 Å². The molecule has 1 aliphatic heterocycles. The van der Waals surface area contributed by atoms with E-state index in [9.17, 15) is 19.5 Å². The molecule has 0 aromatic heterocycles. The summed E-state index contributed by atoms with van der Waals surface area (Å²) in [6.45, 7) is 0.0977. The second-order valence-corrected chi connectivity index (χ2v) is 9.11. The summed E-state index contributed by atoms with van der Waals surface area (Å²) in [5.74, 6) is 0.703. The highest BCUT2D eigenvalue weighted by atomic mass is 16.5. The lowest BCUT2D eigenvalue weighted by Crippen LogP contribution is -2.57. The van der Waals surface area contributed by atoms with Crippen molar-refractivity contribution in [3.8, 4) is 0 Å². The first-order valence-corrected chi connectivity index (χ1v) is 9.77. The highest BCUT2D eigenvalue weighted by Gasteiger charge is 2.51. The summed E-state index contributed by atoms with van der Waals surface area (Å²) in [5.41, 5.74) is -1.22. The molecule has 1 unspecified atom stereocenters. The van der Waals surface area contributed by atoms with E-state index < -0.39 is 17.4 Å². The van der Waals surface area contributed by atoms with Crippen molar-refractivity contribution < 1.29 is 24.2 Å². The molecule has 1 atom stereocenters. The van der Waals surface area contributed by atoms with Crippen LogP contribution in [-0.4, -0.2) is 48.2 Å². The second-order valence-electron chi connectivity index (χ2n) is 9.11. The van der Waals surface area contributed by atoms with Gasteiger partial charge < -0.3 is 20.5 Å². The monoisotopic (exact) mass is 364 g/mol. The lowest BCUT2D eigenvalue weighted by molar-refractivity contribution is -0.147. The number of carbonyl (C=O) groups excluding carboxylic acids is 2. The van der Waals surface area contributed by atoms with Gasteiger partial charge >= 0.3 is 5.97 Å². The Bertz CT molecular complexity index is 576. The molecule has 1 heterocycles. The fourth-order valence-corrected chi connectivity index (χ4v) is 6.29. The number of carbonyl (C=O) groups is 3. The van der Waals surface area contributed by atoms with E-state index in [1.165, 1.54) is 19.3 Å². The van der Waals surface area contributed by atoms with E-state index in [2.05, 4.69) is 10.6 Å². The van der Waals surface area contributed by atoms with E-state index in [4.69, 9.17) is 4.74 Å². The van der Waals surface area contributed by atoms with Crippen molar-refractivity contribution in [2.45, 2.75) is 56.9 Å². The number of rotatable bonds is 6. The number of carboxylic acid groups (broad SMARTS) is 1. The number of amides is 2. The molecule has 144 valence electrons. The number of carboxylic acids is 1.